The van der Waals surface area contributed by atoms with Crippen molar-refractivity contribution < 1.29 is 19.2 Å². The van der Waals surface area contributed by atoms with Gasteiger partial charge in [-0.05, 0) is 37.1 Å². The summed E-state index contributed by atoms with van der Waals surface area (Å²) in [6.45, 7) is 3.59. The van der Waals surface area contributed by atoms with E-state index >= 15 is 0 Å². The Kier molecular flexibility index (Phi) is 4.68. The molecule has 0 saturated carbocycles. The van der Waals surface area contributed by atoms with Crippen molar-refractivity contribution in [3.05, 3.63) is 47.5 Å². The van der Waals surface area contributed by atoms with Gasteiger partial charge in [0.15, 0.2) is 5.58 Å². The Labute approximate surface area is 150 Å². The maximum Gasteiger partial charge on any atom is 0.348 e. The summed E-state index contributed by atoms with van der Waals surface area (Å²) >= 11 is 5.92. The van der Waals surface area contributed by atoms with Crippen LogP contribution in [0.4, 0.5) is 0 Å². The third-order valence-electron chi connectivity index (χ3n) is 4.41. The molecule has 0 bridgehead atoms. The minimum absolute atomic E-state index is 0.364. The van der Waals surface area contributed by atoms with Crippen LogP contribution in [0.15, 0.2) is 47.0 Å². The van der Waals surface area contributed by atoms with Crippen LogP contribution in [-0.4, -0.2) is 21.8 Å². The van der Waals surface area contributed by atoms with Crippen LogP contribution in [0, 0.1) is 0 Å². The van der Waals surface area contributed by atoms with Gasteiger partial charge in [-0.15, -0.1) is 0 Å². The molecular weight excluding hydrogens is 342 g/mol. The van der Waals surface area contributed by atoms with E-state index in [4.69, 9.17) is 20.9 Å². The van der Waals surface area contributed by atoms with Crippen molar-refractivity contribution in [1.29, 1.82) is 0 Å². The molecule has 130 valence electrons. The predicted octanol–water partition coefficient (Wildman–Crippen LogP) is 5.17. The van der Waals surface area contributed by atoms with Crippen LogP contribution in [0.1, 0.15) is 26.7 Å². The zero-order valence-corrected chi connectivity index (χ0v) is 14.7. The van der Waals surface area contributed by atoms with E-state index in [-0.39, 0.29) is 0 Å². The minimum atomic E-state index is -1.24. The summed E-state index contributed by atoms with van der Waals surface area (Å²) in [6.07, 6.45) is 0.729. The SMILES string of the molecule is CCC(CC)(Oc1ccc2c(-c3ccc(Cl)cc3)noc2c1)C(=O)O. The first-order valence-corrected chi connectivity index (χ1v) is 8.44. The lowest BCUT2D eigenvalue weighted by Gasteiger charge is -2.27. The van der Waals surface area contributed by atoms with E-state index in [2.05, 4.69) is 5.16 Å². The number of hydrogen-bond donors (Lipinski definition) is 1. The van der Waals surface area contributed by atoms with E-state index in [1.165, 1.54) is 0 Å². The Morgan fingerprint density at radius 1 is 1.20 bits per heavy atom. The number of nitrogens with zero attached hydrogens (tertiary/aromatic N) is 1. The second kappa shape index (κ2) is 6.76. The van der Waals surface area contributed by atoms with E-state index in [9.17, 15) is 9.90 Å². The molecule has 0 atom stereocenters. The Morgan fingerprint density at radius 2 is 1.88 bits per heavy atom. The van der Waals surface area contributed by atoms with E-state index < -0.39 is 11.6 Å². The molecule has 1 N–H and O–H groups in total. The summed E-state index contributed by atoms with van der Waals surface area (Å²) in [6, 6.07) is 12.5. The Bertz CT molecular complexity index is 897. The number of aromatic nitrogens is 1. The average molecular weight is 360 g/mol. The van der Waals surface area contributed by atoms with E-state index in [1.54, 1.807) is 38.1 Å². The van der Waals surface area contributed by atoms with E-state index in [1.807, 2.05) is 18.2 Å². The van der Waals surface area contributed by atoms with Gasteiger partial charge in [0, 0.05) is 22.0 Å². The lowest BCUT2D eigenvalue weighted by atomic mass is 9.97. The normalized spacial score (nSPS) is 11.6. The number of carboxylic acid groups (broad SMARTS) is 1. The summed E-state index contributed by atoms with van der Waals surface area (Å²) in [4.78, 5) is 11.6. The average Bonchev–Trinajstić information content (AvgIpc) is 3.03. The van der Waals surface area contributed by atoms with Crippen LogP contribution < -0.4 is 4.74 Å². The van der Waals surface area contributed by atoms with Crippen molar-refractivity contribution in [2.24, 2.45) is 0 Å². The van der Waals surface area contributed by atoms with Crippen LogP contribution in [0.2, 0.25) is 5.02 Å². The van der Waals surface area contributed by atoms with Crippen molar-refractivity contribution in [3.63, 3.8) is 0 Å². The zero-order valence-electron chi connectivity index (χ0n) is 14.0. The smallest absolute Gasteiger partial charge is 0.348 e. The Morgan fingerprint density at radius 3 is 2.48 bits per heavy atom. The number of hydrogen-bond acceptors (Lipinski definition) is 4. The first-order valence-electron chi connectivity index (χ1n) is 8.07. The molecule has 3 rings (SSSR count). The van der Waals surface area contributed by atoms with Gasteiger partial charge in [-0.1, -0.05) is 42.7 Å². The van der Waals surface area contributed by atoms with Gasteiger partial charge < -0.3 is 14.4 Å². The fourth-order valence-corrected chi connectivity index (χ4v) is 2.89. The molecule has 3 aromatic rings. The fourth-order valence-electron chi connectivity index (χ4n) is 2.76. The third-order valence-corrected chi connectivity index (χ3v) is 4.66. The molecule has 2 aromatic carbocycles. The number of rotatable bonds is 6. The molecule has 0 fully saturated rings. The first-order chi connectivity index (χ1) is 12.0. The van der Waals surface area contributed by atoms with Crippen molar-refractivity contribution in [3.8, 4) is 17.0 Å². The molecule has 6 heteroatoms. The van der Waals surface area contributed by atoms with Crippen LogP contribution in [0.3, 0.4) is 0 Å². The van der Waals surface area contributed by atoms with Gasteiger partial charge in [-0.2, -0.15) is 0 Å². The molecule has 5 nitrogen and oxygen atoms in total. The third kappa shape index (κ3) is 3.20. The number of aliphatic carboxylic acids is 1. The van der Waals surface area contributed by atoms with Gasteiger partial charge in [-0.3, -0.25) is 0 Å². The first kappa shape index (κ1) is 17.3. The van der Waals surface area contributed by atoms with Gasteiger partial charge in [0.05, 0.1) is 0 Å². The van der Waals surface area contributed by atoms with Crippen LogP contribution in [-0.2, 0) is 4.79 Å². The van der Waals surface area contributed by atoms with Gasteiger partial charge >= 0.3 is 5.97 Å². The second-order valence-corrected chi connectivity index (χ2v) is 6.24. The van der Waals surface area contributed by atoms with Crippen LogP contribution in [0.25, 0.3) is 22.2 Å². The summed E-state index contributed by atoms with van der Waals surface area (Å²) in [5.74, 6) is -0.533. The van der Waals surface area contributed by atoms with Gasteiger partial charge in [0.25, 0.3) is 0 Å². The van der Waals surface area contributed by atoms with Gasteiger partial charge in [0.2, 0.25) is 5.60 Å². The largest absolute Gasteiger partial charge is 0.478 e. The number of fused-ring (bicyclic) bond motifs is 1. The number of carbonyl (C=O) groups is 1. The van der Waals surface area contributed by atoms with Crippen molar-refractivity contribution >= 4 is 28.5 Å². The molecule has 1 aromatic heterocycles. The van der Waals surface area contributed by atoms with E-state index in [0.717, 1.165) is 10.9 Å². The van der Waals surface area contributed by atoms with Crippen LogP contribution in [0.5, 0.6) is 5.75 Å². The molecule has 0 aliphatic rings. The maximum absolute atomic E-state index is 11.6. The lowest BCUT2D eigenvalue weighted by Crippen LogP contribution is -2.43. The molecule has 0 unspecified atom stereocenters. The van der Waals surface area contributed by atoms with Gasteiger partial charge in [-0.25, -0.2) is 4.79 Å². The molecule has 0 saturated heterocycles. The number of ether oxygens (including phenoxy) is 1. The minimum Gasteiger partial charge on any atom is -0.478 e. The summed E-state index contributed by atoms with van der Waals surface area (Å²) in [7, 11) is 0. The second-order valence-electron chi connectivity index (χ2n) is 5.80. The highest BCUT2D eigenvalue weighted by Gasteiger charge is 2.37. The maximum atomic E-state index is 11.6. The summed E-state index contributed by atoms with van der Waals surface area (Å²) in [5, 5.41) is 15.1. The molecule has 25 heavy (non-hydrogen) atoms. The molecule has 0 amide bonds. The molecular formula is C19H18ClNO4. The summed E-state index contributed by atoms with van der Waals surface area (Å²) < 4.78 is 11.2. The highest BCUT2D eigenvalue weighted by Crippen LogP contribution is 2.33. The molecule has 0 spiro atoms. The molecule has 0 aliphatic heterocycles. The Balaban J connectivity index is 1.97. The highest BCUT2D eigenvalue weighted by atomic mass is 35.5. The fraction of sp³-hybridized carbons (Fsp3) is 0.263. The quantitative estimate of drug-likeness (QED) is 0.657. The highest BCUT2D eigenvalue weighted by molar-refractivity contribution is 6.30. The number of benzene rings is 2. The van der Waals surface area contributed by atoms with Crippen molar-refractivity contribution in [1.82, 2.24) is 5.16 Å². The predicted molar refractivity (Wildman–Crippen MR) is 96.0 cm³/mol. The number of carboxylic acids is 1. The van der Waals surface area contributed by atoms with Crippen molar-refractivity contribution in [2.45, 2.75) is 32.3 Å². The summed E-state index contributed by atoms with van der Waals surface area (Å²) in [5.41, 5.74) is 0.883. The van der Waals surface area contributed by atoms with Gasteiger partial charge in [0.1, 0.15) is 11.4 Å². The molecule has 1 heterocycles. The molecule has 0 aliphatic carbocycles. The Hall–Kier alpha value is -2.53. The lowest BCUT2D eigenvalue weighted by molar-refractivity contribution is -0.156. The molecule has 0 radical (unpaired) electrons. The zero-order chi connectivity index (χ0) is 18.0. The number of halogens is 1. The van der Waals surface area contributed by atoms with Crippen LogP contribution >= 0.6 is 11.6 Å². The standard InChI is InChI=1S/C19H18ClNO4/c1-3-19(4-2,18(22)23)24-14-9-10-15-16(11-14)25-21-17(15)12-5-7-13(20)8-6-12/h5-11H,3-4H2,1-2H3,(H,22,23). The topological polar surface area (TPSA) is 72.6 Å². The van der Waals surface area contributed by atoms with E-state index in [0.29, 0.717) is 34.9 Å². The monoisotopic (exact) mass is 359 g/mol. The van der Waals surface area contributed by atoms with Crippen molar-refractivity contribution in [2.75, 3.05) is 0 Å².